The van der Waals surface area contributed by atoms with Crippen molar-refractivity contribution in [3.63, 3.8) is 0 Å². The lowest BCUT2D eigenvalue weighted by atomic mass is 10.0. The molecule has 7 nitrogen and oxygen atoms in total. The molecule has 27 heavy (non-hydrogen) atoms. The van der Waals surface area contributed by atoms with Gasteiger partial charge >= 0.3 is 6.18 Å². The number of aromatic nitrogens is 2. The highest BCUT2D eigenvalue weighted by molar-refractivity contribution is 6.05. The summed E-state index contributed by atoms with van der Waals surface area (Å²) < 4.78 is 42.5. The Hall–Kier alpha value is -3.17. The number of pyridine rings is 2. The fraction of sp³-hybridized carbons (Fsp3) is 0.294. The largest absolute Gasteiger partial charge is 0.483 e. The van der Waals surface area contributed by atoms with Crippen LogP contribution in [-0.4, -0.2) is 34.6 Å². The summed E-state index contributed by atoms with van der Waals surface area (Å²) in [5.74, 6) is -1.86. The number of alkyl halides is 3. The average Bonchev–Trinajstić information content (AvgIpc) is 2.59. The van der Waals surface area contributed by atoms with Gasteiger partial charge in [0, 0.05) is 35.6 Å². The molecular weight excluding hydrogens is 365 g/mol. The van der Waals surface area contributed by atoms with Crippen LogP contribution in [-0.2, 0) is 4.79 Å². The standard InChI is InChI=1S/C17H17F3N4O3/c1-9(2)16(26)24-15-13(10(14(21)25)3-6-23-15)11-7-22-5-4-12(11)27-8-17(18,19)20/h3-7,9H,8H2,1-2H3,(H2,21,25)(H,23,24,26). The van der Waals surface area contributed by atoms with E-state index in [9.17, 15) is 22.8 Å². The number of primary amides is 1. The van der Waals surface area contributed by atoms with Crippen molar-refractivity contribution in [3.05, 3.63) is 36.3 Å². The van der Waals surface area contributed by atoms with E-state index in [1.54, 1.807) is 13.8 Å². The van der Waals surface area contributed by atoms with Crippen molar-refractivity contribution in [1.82, 2.24) is 9.97 Å². The number of carbonyl (C=O) groups is 2. The van der Waals surface area contributed by atoms with Gasteiger partial charge in [0.15, 0.2) is 6.61 Å². The van der Waals surface area contributed by atoms with Crippen LogP contribution in [0.25, 0.3) is 11.1 Å². The smallest absolute Gasteiger partial charge is 0.422 e. The molecule has 2 rings (SSSR count). The lowest BCUT2D eigenvalue weighted by molar-refractivity contribution is -0.153. The molecule has 144 valence electrons. The summed E-state index contributed by atoms with van der Waals surface area (Å²) >= 11 is 0. The van der Waals surface area contributed by atoms with Gasteiger partial charge in [-0.15, -0.1) is 0 Å². The zero-order valence-corrected chi connectivity index (χ0v) is 14.5. The predicted molar refractivity (Wildman–Crippen MR) is 91.0 cm³/mol. The lowest BCUT2D eigenvalue weighted by Crippen LogP contribution is -2.22. The van der Waals surface area contributed by atoms with Crippen LogP contribution in [0.4, 0.5) is 19.0 Å². The fourth-order valence-electron chi connectivity index (χ4n) is 2.15. The molecule has 0 radical (unpaired) electrons. The van der Waals surface area contributed by atoms with E-state index in [4.69, 9.17) is 10.5 Å². The molecule has 0 aliphatic heterocycles. The second kappa shape index (κ2) is 8.02. The summed E-state index contributed by atoms with van der Waals surface area (Å²) in [6.45, 7) is 1.76. The number of hydrogen-bond acceptors (Lipinski definition) is 5. The third-order valence-electron chi connectivity index (χ3n) is 3.42. The molecule has 2 aromatic heterocycles. The van der Waals surface area contributed by atoms with E-state index in [0.717, 1.165) is 0 Å². The zero-order chi connectivity index (χ0) is 20.2. The lowest BCUT2D eigenvalue weighted by Gasteiger charge is -2.17. The highest BCUT2D eigenvalue weighted by Gasteiger charge is 2.29. The number of nitrogens with two attached hydrogens (primary N) is 1. The first-order chi connectivity index (χ1) is 12.6. The molecule has 2 amide bonds. The topological polar surface area (TPSA) is 107 Å². The van der Waals surface area contributed by atoms with Crippen LogP contribution in [0, 0.1) is 5.92 Å². The summed E-state index contributed by atoms with van der Waals surface area (Å²) in [6, 6.07) is 2.51. The van der Waals surface area contributed by atoms with Crippen LogP contribution in [0.5, 0.6) is 5.75 Å². The molecule has 0 unspecified atom stereocenters. The van der Waals surface area contributed by atoms with Crippen LogP contribution in [0.1, 0.15) is 24.2 Å². The minimum Gasteiger partial charge on any atom is -0.483 e. The summed E-state index contributed by atoms with van der Waals surface area (Å²) in [6.07, 6.45) is -0.856. The molecule has 0 spiro atoms. The van der Waals surface area contributed by atoms with Crippen molar-refractivity contribution in [1.29, 1.82) is 0 Å². The van der Waals surface area contributed by atoms with Gasteiger partial charge in [0.1, 0.15) is 11.6 Å². The van der Waals surface area contributed by atoms with E-state index in [1.807, 2.05) is 0 Å². The van der Waals surface area contributed by atoms with E-state index in [2.05, 4.69) is 15.3 Å². The first kappa shape index (κ1) is 20.1. The first-order valence-electron chi connectivity index (χ1n) is 7.83. The van der Waals surface area contributed by atoms with E-state index < -0.39 is 30.5 Å². The number of ether oxygens (including phenoxy) is 1. The molecular formula is C17H17F3N4O3. The summed E-state index contributed by atoms with van der Waals surface area (Å²) in [4.78, 5) is 31.8. The molecule has 0 aliphatic carbocycles. The molecule has 2 heterocycles. The average molecular weight is 382 g/mol. The molecule has 0 aromatic carbocycles. The molecule has 0 aliphatic rings. The molecule has 0 saturated carbocycles. The number of carbonyl (C=O) groups excluding carboxylic acids is 2. The number of anilines is 1. The van der Waals surface area contributed by atoms with Gasteiger partial charge in [-0.25, -0.2) is 4.98 Å². The Morgan fingerprint density at radius 3 is 2.56 bits per heavy atom. The number of halogens is 3. The Morgan fingerprint density at radius 1 is 1.26 bits per heavy atom. The minimum atomic E-state index is -4.56. The summed E-state index contributed by atoms with van der Waals surface area (Å²) in [5.41, 5.74) is 5.41. The molecule has 0 saturated heterocycles. The second-order valence-electron chi connectivity index (χ2n) is 5.87. The Kier molecular flexibility index (Phi) is 5.98. The van der Waals surface area contributed by atoms with Crippen molar-refractivity contribution in [3.8, 4) is 16.9 Å². The predicted octanol–water partition coefficient (Wildman–Crippen LogP) is 2.78. The van der Waals surface area contributed by atoms with Gasteiger partial charge in [0.05, 0.1) is 5.56 Å². The van der Waals surface area contributed by atoms with Gasteiger partial charge in [0.2, 0.25) is 11.8 Å². The molecule has 10 heteroatoms. The minimum absolute atomic E-state index is 0.0317. The Labute approximate surface area is 152 Å². The van der Waals surface area contributed by atoms with Gasteiger partial charge < -0.3 is 15.8 Å². The van der Waals surface area contributed by atoms with Crippen molar-refractivity contribution >= 4 is 17.6 Å². The van der Waals surface area contributed by atoms with E-state index in [0.29, 0.717) is 0 Å². The van der Waals surface area contributed by atoms with Crippen LogP contribution in [0.3, 0.4) is 0 Å². The highest BCUT2D eigenvalue weighted by atomic mass is 19.4. The van der Waals surface area contributed by atoms with Gasteiger partial charge in [-0.3, -0.25) is 14.6 Å². The van der Waals surface area contributed by atoms with Crippen molar-refractivity contribution in [2.24, 2.45) is 11.7 Å². The SMILES string of the molecule is CC(C)C(=O)Nc1nccc(C(N)=O)c1-c1cnccc1OCC(F)(F)F. The Bertz CT molecular complexity index is 854. The second-order valence-corrected chi connectivity index (χ2v) is 5.87. The Balaban J connectivity index is 2.59. The van der Waals surface area contributed by atoms with Gasteiger partial charge in [-0.1, -0.05) is 13.8 Å². The van der Waals surface area contributed by atoms with Gasteiger partial charge in [0.25, 0.3) is 0 Å². The Morgan fingerprint density at radius 2 is 1.96 bits per heavy atom. The number of nitrogens with one attached hydrogen (secondary N) is 1. The van der Waals surface area contributed by atoms with E-state index in [1.165, 1.54) is 30.7 Å². The normalized spacial score (nSPS) is 11.3. The van der Waals surface area contributed by atoms with E-state index >= 15 is 0 Å². The van der Waals surface area contributed by atoms with Crippen LogP contribution in [0.15, 0.2) is 30.7 Å². The maximum absolute atomic E-state index is 12.5. The highest BCUT2D eigenvalue weighted by Crippen LogP contribution is 2.36. The molecule has 2 aromatic rings. The molecule has 0 bridgehead atoms. The number of rotatable bonds is 6. The third-order valence-corrected chi connectivity index (χ3v) is 3.42. The maximum atomic E-state index is 12.5. The van der Waals surface area contributed by atoms with E-state index in [-0.39, 0.29) is 28.3 Å². The fourth-order valence-corrected chi connectivity index (χ4v) is 2.15. The van der Waals surface area contributed by atoms with Crippen molar-refractivity contribution in [2.45, 2.75) is 20.0 Å². The zero-order valence-electron chi connectivity index (χ0n) is 14.5. The van der Waals surface area contributed by atoms with Crippen LogP contribution < -0.4 is 15.8 Å². The maximum Gasteiger partial charge on any atom is 0.422 e. The quantitative estimate of drug-likeness (QED) is 0.799. The number of amides is 2. The summed E-state index contributed by atoms with van der Waals surface area (Å²) in [7, 11) is 0. The molecule has 0 fully saturated rings. The monoisotopic (exact) mass is 382 g/mol. The number of hydrogen-bond donors (Lipinski definition) is 2. The third kappa shape index (κ3) is 5.16. The first-order valence-corrected chi connectivity index (χ1v) is 7.83. The van der Waals surface area contributed by atoms with Gasteiger partial charge in [-0.05, 0) is 12.1 Å². The van der Waals surface area contributed by atoms with Crippen LogP contribution >= 0.6 is 0 Å². The molecule has 0 atom stereocenters. The molecule has 3 N–H and O–H groups in total. The summed E-state index contributed by atoms with van der Waals surface area (Å²) in [5, 5.41) is 2.54. The van der Waals surface area contributed by atoms with Crippen molar-refractivity contribution < 1.29 is 27.5 Å². The van der Waals surface area contributed by atoms with Gasteiger partial charge in [-0.2, -0.15) is 13.2 Å². The van der Waals surface area contributed by atoms with Crippen LogP contribution in [0.2, 0.25) is 0 Å². The number of nitrogens with zero attached hydrogens (tertiary/aromatic N) is 2. The van der Waals surface area contributed by atoms with Crippen molar-refractivity contribution in [2.75, 3.05) is 11.9 Å².